The Morgan fingerprint density at radius 1 is 1.20 bits per heavy atom. The first-order chi connectivity index (χ1) is 16.4. The first-order valence-corrected chi connectivity index (χ1v) is 13.9. The molecule has 1 aliphatic heterocycles. The second kappa shape index (κ2) is 11.2. The molecule has 1 heterocycles. The van der Waals surface area contributed by atoms with Gasteiger partial charge in [0.1, 0.15) is 12.2 Å². The van der Waals surface area contributed by atoms with E-state index in [2.05, 4.69) is 45.9 Å². The van der Waals surface area contributed by atoms with E-state index in [4.69, 9.17) is 9.47 Å². The first kappa shape index (κ1) is 28.0. The highest BCUT2D eigenvalue weighted by molar-refractivity contribution is 5.76. The summed E-state index contributed by atoms with van der Waals surface area (Å²) in [6.45, 7) is 14.8. The Bertz CT molecular complexity index is 827. The predicted molar refractivity (Wildman–Crippen MR) is 138 cm³/mol. The summed E-state index contributed by atoms with van der Waals surface area (Å²) in [5, 5.41) is 10.4. The second-order valence-corrected chi connectivity index (χ2v) is 12.5. The molecule has 2 aliphatic carbocycles. The molecule has 0 aromatic carbocycles. The van der Waals surface area contributed by atoms with Crippen molar-refractivity contribution in [2.75, 3.05) is 0 Å². The first-order valence-electron chi connectivity index (χ1n) is 13.9. The molecule has 35 heavy (non-hydrogen) atoms. The molecule has 1 saturated heterocycles. The zero-order valence-corrected chi connectivity index (χ0v) is 23.0. The minimum atomic E-state index is -0.637. The third-order valence-corrected chi connectivity index (χ3v) is 9.03. The van der Waals surface area contributed by atoms with Crippen LogP contribution in [0.2, 0.25) is 0 Å². The number of aliphatic hydroxyl groups excluding tert-OH is 1. The van der Waals surface area contributed by atoms with Crippen LogP contribution in [-0.2, 0) is 19.1 Å². The number of unbranched alkanes of at least 4 members (excludes halogenated alkanes) is 1. The summed E-state index contributed by atoms with van der Waals surface area (Å²) in [7, 11) is 0. The van der Waals surface area contributed by atoms with Gasteiger partial charge in [0, 0.05) is 17.8 Å². The Balaban J connectivity index is 1.93. The lowest BCUT2D eigenvalue weighted by Gasteiger charge is -2.48. The van der Waals surface area contributed by atoms with Crippen LogP contribution in [0.1, 0.15) is 99.8 Å². The van der Waals surface area contributed by atoms with Crippen molar-refractivity contribution in [3.8, 4) is 0 Å². The van der Waals surface area contributed by atoms with E-state index in [1.54, 1.807) is 0 Å². The summed E-state index contributed by atoms with van der Waals surface area (Å²) < 4.78 is 12.2. The summed E-state index contributed by atoms with van der Waals surface area (Å²) >= 11 is 0. The zero-order valence-electron chi connectivity index (χ0n) is 23.0. The average Bonchev–Trinajstić information content (AvgIpc) is 2.78. The molecule has 3 rings (SSSR count). The molecule has 5 nitrogen and oxygen atoms in total. The predicted octanol–water partition coefficient (Wildman–Crippen LogP) is 6.39. The third-order valence-electron chi connectivity index (χ3n) is 9.03. The Morgan fingerprint density at radius 3 is 2.54 bits per heavy atom. The van der Waals surface area contributed by atoms with Crippen LogP contribution in [0.25, 0.3) is 0 Å². The van der Waals surface area contributed by atoms with Crippen molar-refractivity contribution in [3.05, 3.63) is 23.8 Å². The van der Waals surface area contributed by atoms with E-state index >= 15 is 0 Å². The van der Waals surface area contributed by atoms with E-state index in [1.807, 2.05) is 20.8 Å². The van der Waals surface area contributed by atoms with Crippen molar-refractivity contribution in [1.82, 2.24) is 0 Å². The molecule has 1 N–H and O–H groups in total. The lowest BCUT2D eigenvalue weighted by atomic mass is 9.60. The maximum atomic E-state index is 13.1. The number of carbonyl (C=O) groups is 2. The molecular weight excluding hydrogens is 440 g/mol. The normalized spacial score (nSPS) is 34.9. The minimum Gasteiger partial charge on any atom is -0.462 e. The average molecular weight is 489 g/mol. The monoisotopic (exact) mass is 488 g/mol. The van der Waals surface area contributed by atoms with Crippen LogP contribution >= 0.6 is 0 Å². The molecule has 0 bridgehead atoms. The summed E-state index contributed by atoms with van der Waals surface area (Å²) in [5.41, 5.74) is 0.526. The van der Waals surface area contributed by atoms with Crippen LogP contribution in [0.5, 0.6) is 0 Å². The largest absolute Gasteiger partial charge is 0.462 e. The second-order valence-electron chi connectivity index (χ2n) is 12.5. The van der Waals surface area contributed by atoms with E-state index in [-0.39, 0.29) is 47.8 Å². The van der Waals surface area contributed by atoms with Gasteiger partial charge in [-0.2, -0.15) is 0 Å². The smallest absolute Gasteiger partial charge is 0.311 e. The van der Waals surface area contributed by atoms with Gasteiger partial charge in [-0.05, 0) is 62.9 Å². The fourth-order valence-electron chi connectivity index (χ4n) is 6.25. The lowest BCUT2D eigenvalue weighted by molar-refractivity contribution is -0.174. The number of cyclic esters (lactones) is 1. The molecule has 0 aromatic rings. The summed E-state index contributed by atoms with van der Waals surface area (Å²) in [6, 6.07) is 0. The van der Waals surface area contributed by atoms with E-state index < -0.39 is 11.5 Å². The van der Waals surface area contributed by atoms with Gasteiger partial charge in [-0.15, -0.1) is 0 Å². The van der Waals surface area contributed by atoms with Crippen LogP contribution in [0.4, 0.5) is 0 Å². The topological polar surface area (TPSA) is 72.8 Å². The quantitative estimate of drug-likeness (QED) is 0.381. The maximum absolute atomic E-state index is 13.1. The summed E-state index contributed by atoms with van der Waals surface area (Å²) in [6.07, 6.45) is 11.9. The van der Waals surface area contributed by atoms with E-state index in [0.717, 1.165) is 38.5 Å². The van der Waals surface area contributed by atoms with Gasteiger partial charge in [-0.1, -0.05) is 65.7 Å². The van der Waals surface area contributed by atoms with Gasteiger partial charge in [0.15, 0.2) is 0 Å². The van der Waals surface area contributed by atoms with E-state index in [0.29, 0.717) is 18.3 Å². The molecule has 3 aliphatic rings. The number of allylic oxidation sites excluding steroid dienone is 3. The zero-order chi connectivity index (χ0) is 26.0. The molecule has 0 amide bonds. The molecule has 1 fully saturated rings. The van der Waals surface area contributed by atoms with Crippen LogP contribution in [0, 0.1) is 34.5 Å². The van der Waals surface area contributed by atoms with Crippen LogP contribution in [0.15, 0.2) is 23.8 Å². The van der Waals surface area contributed by atoms with Crippen LogP contribution in [-0.4, -0.2) is 35.4 Å². The van der Waals surface area contributed by atoms with E-state index in [1.165, 1.54) is 5.57 Å². The molecule has 0 radical (unpaired) electrons. The van der Waals surface area contributed by atoms with Gasteiger partial charge in [0.2, 0.25) is 0 Å². The number of aliphatic hydroxyl groups is 1. The van der Waals surface area contributed by atoms with Crippen molar-refractivity contribution >= 4 is 11.9 Å². The summed E-state index contributed by atoms with van der Waals surface area (Å²) in [4.78, 5) is 25.4. The Hall–Kier alpha value is -1.62. The molecule has 0 unspecified atom stereocenters. The third kappa shape index (κ3) is 6.39. The standard InChI is InChI=1S/C30H48O5/c1-8-10-13-30(7,25-16-22(31)17-26(32)35-25)18-23-20(4)11-12-21-14-19(3)15-24(27(21)23)34-28(33)29(5,6)9-2/h11-12,14,19-20,22-25,27,31H,8-10,13,15-18H2,1-7H3/t19-,20-,22+,23-,24-,25-,27-,30-/m0/s1. The van der Waals surface area contributed by atoms with Gasteiger partial charge in [0.05, 0.1) is 17.9 Å². The van der Waals surface area contributed by atoms with Crippen molar-refractivity contribution in [3.63, 3.8) is 0 Å². The fourth-order valence-corrected chi connectivity index (χ4v) is 6.25. The van der Waals surface area contributed by atoms with Crippen molar-refractivity contribution in [2.45, 2.75) is 118 Å². The molecule has 198 valence electrons. The SMILES string of the molecule is CCCC[C@@](C)(C[C@@H]1[C@@H]2C(=C[C@H](C)C[C@@H]2OC(=O)C(C)(C)CC)C=C[C@@H]1C)[C@@H]1C[C@@H](O)CC(=O)O1. The van der Waals surface area contributed by atoms with Crippen molar-refractivity contribution < 1.29 is 24.2 Å². The number of esters is 2. The molecule has 0 spiro atoms. The van der Waals surface area contributed by atoms with Gasteiger partial charge < -0.3 is 14.6 Å². The van der Waals surface area contributed by atoms with E-state index in [9.17, 15) is 14.7 Å². The van der Waals surface area contributed by atoms with Gasteiger partial charge in [-0.3, -0.25) is 9.59 Å². The van der Waals surface area contributed by atoms with Crippen molar-refractivity contribution in [1.29, 1.82) is 0 Å². The lowest BCUT2D eigenvalue weighted by Crippen LogP contribution is -2.48. The number of hydrogen-bond acceptors (Lipinski definition) is 5. The molecule has 8 atom stereocenters. The highest BCUT2D eigenvalue weighted by Crippen LogP contribution is 2.50. The number of carbonyl (C=O) groups excluding carboxylic acids is 2. The molecule has 5 heteroatoms. The maximum Gasteiger partial charge on any atom is 0.311 e. The minimum absolute atomic E-state index is 0.0849. The van der Waals surface area contributed by atoms with Crippen LogP contribution in [0.3, 0.4) is 0 Å². The Kier molecular flexibility index (Phi) is 8.94. The van der Waals surface area contributed by atoms with Gasteiger partial charge in [-0.25, -0.2) is 0 Å². The van der Waals surface area contributed by atoms with Crippen LogP contribution < -0.4 is 0 Å². The summed E-state index contributed by atoms with van der Waals surface area (Å²) in [5.74, 6) is 0.652. The van der Waals surface area contributed by atoms with Crippen molar-refractivity contribution in [2.24, 2.45) is 34.5 Å². The Labute approximate surface area is 212 Å². The molecule has 0 aromatic heterocycles. The molecule has 0 saturated carbocycles. The number of hydrogen-bond donors (Lipinski definition) is 1. The number of ether oxygens (including phenoxy) is 2. The number of fused-ring (bicyclic) bond motifs is 1. The molecular formula is C30H48O5. The van der Waals surface area contributed by atoms with Gasteiger partial charge in [0.25, 0.3) is 0 Å². The fraction of sp³-hybridized carbons (Fsp3) is 0.800. The Morgan fingerprint density at radius 2 is 1.91 bits per heavy atom. The van der Waals surface area contributed by atoms with Gasteiger partial charge >= 0.3 is 11.9 Å². The highest BCUT2D eigenvalue weighted by Gasteiger charge is 2.48. The highest BCUT2D eigenvalue weighted by atomic mass is 16.6. The number of rotatable bonds is 9.